The lowest BCUT2D eigenvalue weighted by Crippen LogP contribution is -2.44. The van der Waals surface area contributed by atoms with Crippen LogP contribution in [0.4, 0.5) is 16.2 Å². The molecule has 0 spiro atoms. The van der Waals surface area contributed by atoms with Crippen molar-refractivity contribution in [2.45, 2.75) is 45.1 Å². The monoisotopic (exact) mass is 394 g/mol. The van der Waals surface area contributed by atoms with Crippen LogP contribution >= 0.6 is 0 Å². The van der Waals surface area contributed by atoms with Crippen molar-refractivity contribution in [3.05, 3.63) is 24.3 Å². The lowest BCUT2D eigenvalue weighted by Gasteiger charge is -2.24. The molecule has 0 aromatic heterocycles. The van der Waals surface area contributed by atoms with Crippen LogP contribution in [0.3, 0.4) is 0 Å². The van der Waals surface area contributed by atoms with Gasteiger partial charge in [-0.2, -0.15) is 0 Å². The van der Waals surface area contributed by atoms with Gasteiger partial charge in [-0.1, -0.05) is 12.8 Å². The molecule has 2 saturated heterocycles. The molecule has 2 amide bonds. The average Bonchev–Trinajstić information content (AvgIpc) is 2.80. The Kier molecular flexibility index (Phi) is 6.59. The summed E-state index contributed by atoms with van der Waals surface area (Å²) in [6.45, 7) is 5.61. The maximum absolute atomic E-state index is 12.2. The molecule has 2 aliphatic heterocycles. The van der Waals surface area contributed by atoms with Crippen molar-refractivity contribution in [2.75, 3.05) is 41.6 Å². The molecule has 2 aliphatic rings. The molecule has 1 atom stereocenters. The second-order valence-electron chi connectivity index (χ2n) is 7.50. The number of hydrogen-bond acceptors (Lipinski definition) is 4. The summed E-state index contributed by atoms with van der Waals surface area (Å²) in [6, 6.07) is 6.78. The highest BCUT2D eigenvalue weighted by Gasteiger charge is 2.28. The van der Waals surface area contributed by atoms with Crippen LogP contribution in [0.2, 0.25) is 0 Å². The van der Waals surface area contributed by atoms with E-state index in [1.165, 1.54) is 30.0 Å². The summed E-state index contributed by atoms with van der Waals surface area (Å²) >= 11 is 0. The second-order valence-corrected chi connectivity index (χ2v) is 9.52. The molecule has 0 saturated carbocycles. The number of urea groups is 1. The van der Waals surface area contributed by atoms with E-state index in [0.29, 0.717) is 24.3 Å². The predicted molar refractivity (Wildman–Crippen MR) is 109 cm³/mol. The number of hydrogen-bond donors (Lipinski definition) is 2. The lowest BCUT2D eigenvalue weighted by molar-refractivity contribution is 0.234. The number of carbonyl (C=O) groups excluding carboxylic acids is 1. The van der Waals surface area contributed by atoms with Gasteiger partial charge in [0.2, 0.25) is 10.0 Å². The van der Waals surface area contributed by atoms with Crippen LogP contribution in [0.5, 0.6) is 0 Å². The van der Waals surface area contributed by atoms with Crippen molar-refractivity contribution in [1.29, 1.82) is 0 Å². The fourth-order valence-corrected chi connectivity index (χ4v) is 5.35. The number of likely N-dealkylation sites (tertiary alicyclic amines) is 1. The highest BCUT2D eigenvalue weighted by Crippen LogP contribution is 2.25. The van der Waals surface area contributed by atoms with E-state index < -0.39 is 10.0 Å². The van der Waals surface area contributed by atoms with E-state index in [9.17, 15) is 13.2 Å². The summed E-state index contributed by atoms with van der Waals surface area (Å²) in [4.78, 5) is 14.6. The third-order valence-corrected chi connectivity index (χ3v) is 6.99. The summed E-state index contributed by atoms with van der Waals surface area (Å²) in [5, 5.41) is 5.81. The van der Waals surface area contributed by atoms with Gasteiger partial charge in [0.05, 0.1) is 11.4 Å². The maximum atomic E-state index is 12.2. The Labute approximate surface area is 162 Å². The zero-order valence-electron chi connectivity index (χ0n) is 16.0. The summed E-state index contributed by atoms with van der Waals surface area (Å²) in [5.74, 6) is 0.199. The molecule has 3 rings (SSSR count). The molecular formula is C19H30N4O3S. The summed E-state index contributed by atoms with van der Waals surface area (Å²) in [6.07, 6.45) is 5.72. The summed E-state index contributed by atoms with van der Waals surface area (Å²) < 4.78 is 25.4. The second kappa shape index (κ2) is 8.93. The van der Waals surface area contributed by atoms with Gasteiger partial charge >= 0.3 is 6.03 Å². The molecule has 2 fully saturated rings. The van der Waals surface area contributed by atoms with Crippen LogP contribution in [-0.4, -0.2) is 57.3 Å². The van der Waals surface area contributed by atoms with Crippen LogP contribution < -0.4 is 14.9 Å². The Balaban J connectivity index is 1.49. The Bertz CT molecular complexity index is 728. The number of amides is 2. The molecule has 0 bridgehead atoms. The van der Waals surface area contributed by atoms with Crippen molar-refractivity contribution in [3.8, 4) is 0 Å². The zero-order chi connectivity index (χ0) is 19.3. The smallest absolute Gasteiger partial charge is 0.319 e. The van der Waals surface area contributed by atoms with Gasteiger partial charge in [-0.15, -0.1) is 0 Å². The van der Waals surface area contributed by atoms with E-state index >= 15 is 0 Å². The SMILES string of the molecule is CC(CN1CCCCCC1)NC(=O)Nc1ccc(N2CCCS2(=O)=O)cc1. The van der Waals surface area contributed by atoms with Gasteiger partial charge in [0.25, 0.3) is 0 Å². The van der Waals surface area contributed by atoms with E-state index in [1.807, 2.05) is 6.92 Å². The minimum Gasteiger partial charge on any atom is -0.334 e. The number of nitrogens with one attached hydrogen (secondary N) is 2. The van der Waals surface area contributed by atoms with Gasteiger partial charge in [-0.25, -0.2) is 13.2 Å². The first-order chi connectivity index (χ1) is 12.9. The zero-order valence-corrected chi connectivity index (χ0v) is 16.8. The standard InChI is InChI=1S/C19H30N4O3S/c1-16(15-22-11-4-2-3-5-12-22)20-19(24)21-17-7-9-18(10-8-17)23-13-6-14-27(23,25)26/h7-10,16H,2-6,11-15H2,1H3,(H2,20,21,24). The summed E-state index contributed by atoms with van der Waals surface area (Å²) in [7, 11) is -3.18. The van der Waals surface area contributed by atoms with E-state index in [0.717, 1.165) is 19.6 Å². The fourth-order valence-electron chi connectivity index (χ4n) is 3.78. The van der Waals surface area contributed by atoms with E-state index in [1.54, 1.807) is 24.3 Å². The average molecular weight is 395 g/mol. The Morgan fingerprint density at radius 3 is 2.30 bits per heavy atom. The van der Waals surface area contributed by atoms with Gasteiger partial charge in [0.15, 0.2) is 0 Å². The predicted octanol–water partition coefficient (Wildman–Crippen LogP) is 2.61. The third-order valence-electron chi connectivity index (χ3n) is 5.12. The topological polar surface area (TPSA) is 81.8 Å². The van der Waals surface area contributed by atoms with E-state index in [2.05, 4.69) is 15.5 Å². The normalized spacial score (nSPS) is 21.4. The number of rotatable bonds is 5. The first-order valence-corrected chi connectivity index (χ1v) is 11.5. The van der Waals surface area contributed by atoms with E-state index in [4.69, 9.17) is 0 Å². The third kappa shape index (κ3) is 5.59. The van der Waals surface area contributed by atoms with Crippen molar-refractivity contribution < 1.29 is 13.2 Å². The number of carbonyl (C=O) groups is 1. The van der Waals surface area contributed by atoms with Crippen LogP contribution in [0, 0.1) is 0 Å². The summed E-state index contributed by atoms with van der Waals surface area (Å²) in [5.41, 5.74) is 1.29. The van der Waals surface area contributed by atoms with Crippen molar-refractivity contribution in [3.63, 3.8) is 0 Å². The minimum atomic E-state index is -3.18. The number of anilines is 2. The lowest BCUT2D eigenvalue weighted by atomic mass is 10.2. The minimum absolute atomic E-state index is 0.0668. The molecule has 150 valence electrons. The fraction of sp³-hybridized carbons (Fsp3) is 0.632. The van der Waals surface area contributed by atoms with Crippen molar-refractivity contribution in [2.24, 2.45) is 0 Å². The molecular weight excluding hydrogens is 364 g/mol. The quantitative estimate of drug-likeness (QED) is 0.804. The van der Waals surface area contributed by atoms with Gasteiger partial charge in [-0.3, -0.25) is 4.31 Å². The molecule has 2 heterocycles. The van der Waals surface area contributed by atoms with Crippen LogP contribution in [-0.2, 0) is 10.0 Å². The first-order valence-electron chi connectivity index (χ1n) is 9.84. The van der Waals surface area contributed by atoms with Gasteiger partial charge in [0.1, 0.15) is 0 Å². The van der Waals surface area contributed by atoms with Crippen LogP contribution in [0.25, 0.3) is 0 Å². The molecule has 1 unspecified atom stereocenters. The molecule has 8 heteroatoms. The van der Waals surface area contributed by atoms with Crippen molar-refractivity contribution >= 4 is 27.4 Å². The molecule has 1 aromatic rings. The first kappa shape index (κ1) is 19.9. The largest absolute Gasteiger partial charge is 0.334 e. The molecule has 2 N–H and O–H groups in total. The Morgan fingerprint density at radius 1 is 1.04 bits per heavy atom. The van der Waals surface area contributed by atoms with E-state index in [-0.39, 0.29) is 17.8 Å². The molecule has 1 aromatic carbocycles. The Morgan fingerprint density at radius 2 is 1.70 bits per heavy atom. The maximum Gasteiger partial charge on any atom is 0.319 e. The van der Waals surface area contributed by atoms with Crippen molar-refractivity contribution in [1.82, 2.24) is 10.2 Å². The molecule has 0 aliphatic carbocycles. The van der Waals surface area contributed by atoms with Crippen LogP contribution in [0.1, 0.15) is 39.0 Å². The highest BCUT2D eigenvalue weighted by atomic mass is 32.2. The Hall–Kier alpha value is -1.80. The van der Waals surface area contributed by atoms with Gasteiger partial charge in [0, 0.05) is 24.8 Å². The van der Waals surface area contributed by atoms with Gasteiger partial charge < -0.3 is 15.5 Å². The van der Waals surface area contributed by atoms with Crippen LogP contribution in [0.15, 0.2) is 24.3 Å². The molecule has 7 nitrogen and oxygen atoms in total. The number of nitrogens with zero attached hydrogens (tertiary/aromatic N) is 2. The van der Waals surface area contributed by atoms with Gasteiger partial charge in [-0.05, 0) is 63.5 Å². The highest BCUT2D eigenvalue weighted by molar-refractivity contribution is 7.93. The molecule has 0 radical (unpaired) electrons. The molecule has 27 heavy (non-hydrogen) atoms. The number of sulfonamides is 1. The number of benzene rings is 1.